The number of hydrogen-bond acceptors (Lipinski definition) is 3. The van der Waals surface area contributed by atoms with Crippen molar-refractivity contribution >= 4 is 5.97 Å². The number of halogens is 1. The fourth-order valence-electron chi connectivity index (χ4n) is 2.15. The maximum Gasteiger partial charge on any atom is 0.320 e. The van der Waals surface area contributed by atoms with Crippen molar-refractivity contribution in [3.05, 3.63) is 35.6 Å². The van der Waals surface area contributed by atoms with Gasteiger partial charge in [-0.3, -0.25) is 10.1 Å². The average molecular weight is 283 g/mol. The second-order valence-electron chi connectivity index (χ2n) is 4.86. The highest BCUT2D eigenvalue weighted by Gasteiger charge is 2.25. The first-order valence-electron chi connectivity index (χ1n) is 6.92. The number of aliphatic carboxylic acids is 1. The zero-order valence-electron chi connectivity index (χ0n) is 11.8. The predicted octanol–water partition coefficient (Wildman–Crippen LogP) is 2.48. The van der Waals surface area contributed by atoms with Crippen LogP contribution in [-0.4, -0.2) is 28.3 Å². The van der Waals surface area contributed by atoms with E-state index < -0.39 is 18.1 Å². The van der Waals surface area contributed by atoms with Gasteiger partial charge >= 0.3 is 5.97 Å². The molecule has 1 aromatic carbocycles. The molecule has 0 saturated carbocycles. The van der Waals surface area contributed by atoms with Crippen LogP contribution in [0.2, 0.25) is 0 Å². The molecular formula is C15H22FNO3. The maximum atomic E-state index is 12.9. The van der Waals surface area contributed by atoms with Gasteiger partial charge in [0.25, 0.3) is 0 Å². The lowest BCUT2D eigenvalue weighted by molar-refractivity contribution is -0.140. The highest BCUT2D eigenvalue weighted by molar-refractivity contribution is 5.73. The van der Waals surface area contributed by atoms with Crippen molar-refractivity contribution in [2.45, 2.75) is 51.3 Å². The number of benzene rings is 1. The lowest BCUT2D eigenvalue weighted by atomic mass is 9.98. The molecule has 0 bridgehead atoms. The van der Waals surface area contributed by atoms with Crippen LogP contribution in [0.1, 0.15) is 44.8 Å². The molecule has 0 fully saturated rings. The first-order chi connectivity index (χ1) is 9.49. The zero-order valence-corrected chi connectivity index (χ0v) is 11.8. The summed E-state index contributed by atoms with van der Waals surface area (Å²) in [6, 6.07) is 4.53. The summed E-state index contributed by atoms with van der Waals surface area (Å²) in [5, 5.41) is 22.4. The van der Waals surface area contributed by atoms with E-state index in [1.807, 2.05) is 13.8 Å². The van der Waals surface area contributed by atoms with Crippen LogP contribution in [0.4, 0.5) is 4.39 Å². The Morgan fingerprint density at radius 1 is 1.30 bits per heavy atom. The smallest absolute Gasteiger partial charge is 0.320 e. The van der Waals surface area contributed by atoms with Gasteiger partial charge in [0.05, 0.1) is 6.10 Å². The van der Waals surface area contributed by atoms with Crippen molar-refractivity contribution < 1.29 is 19.4 Å². The summed E-state index contributed by atoms with van der Waals surface area (Å²) in [4.78, 5) is 11.2. The van der Waals surface area contributed by atoms with E-state index in [0.29, 0.717) is 18.4 Å². The van der Waals surface area contributed by atoms with Crippen molar-refractivity contribution in [2.24, 2.45) is 0 Å². The molecule has 3 N–H and O–H groups in total. The summed E-state index contributed by atoms with van der Waals surface area (Å²) in [5.74, 6) is -1.28. The summed E-state index contributed by atoms with van der Waals surface area (Å²) < 4.78 is 12.9. The molecular weight excluding hydrogens is 261 g/mol. The van der Waals surface area contributed by atoms with E-state index in [0.717, 1.165) is 6.42 Å². The number of aliphatic hydroxyl groups is 1. The van der Waals surface area contributed by atoms with E-state index in [-0.39, 0.29) is 11.9 Å². The van der Waals surface area contributed by atoms with Gasteiger partial charge in [0.2, 0.25) is 0 Å². The Balaban J connectivity index is 2.78. The Morgan fingerprint density at radius 2 is 1.90 bits per heavy atom. The Labute approximate surface area is 118 Å². The van der Waals surface area contributed by atoms with E-state index in [4.69, 9.17) is 5.11 Å². The second-order valence-corrected chi connectivity index (χ2v) is 4.86. The molecule has 112 valence electrons. The van der Waals surface area contributed by atoms with Crippen molar-refractivity contribution in [2.75, 3.05) is 0 Å². The third-order valence-electron chi connectivity index (χ3n) is 3.32. The van der Waals surface area contributed by atoms with Crippen LogP contribution in [-0.2, 0) is 4.79 Å². The minimum Gasteiger partial charge on any atom is -0.480 e. The lowest BCUT2D eigenvalue weighted by Crippen LogP contribution is -2.45. The molecule has 1 aromatic rings. The summed E-state index contributed by atoms with van der Waals surface area (Å²) in [6.07, 6.45) is 0.959. The molecule has 0 aliphatic rings. The molecule has 0 heterocycles. The quantitative estimate of drug-likeness (QED) is 0.685. The number of nitrogens with one attached hydrogen (secondary N) is 1. The number of carbonyl (C=O) groups is 1. The lowest BCUT2D eigenvalue weighted by Gasteiger charge is -2.26. The normalized spacial score (nSPS) is 15.6. The second kappa shape index (κ2) is 7.97. The van der Waals surface area contributed by atoms with Gasteiger partial charge in [-0.2, -0.15) is 0 Å². The topological polar surface area (TPSA) is 69.6 Å². The van der Waals surface area contributed by atoms with Crippen LogP contribution in [0.3, 0.4) is 0 Å². The minimum absolute atomic E-state index is 0.364. The summed E-state index contributed by atoms with van der Waals surface area (Å²) in [7, 11) is 0. The monoisotopic (exact) mass is 283 g/mol. The first kappa shape index (κ1) is 16.6. The summed E-state index contributed by atoms with van der Waals surface area (Å²) in [6.45, 7) is 3.78. The largest absolute Gasteiger partial charge is 0.480 e. The molecule has 3 atom stereocenters. The molecule has 3 unspecified atom stereocenters. The molecule has 0 aromatic heterocycles. The van der Waals surface area contributed by atoms with Crippen LogP contribution in [0.25, 0.3) is 0 Å². The molecule has 0 radical (unpaired) electrons. The van der Waals surface area contributed by atoms with Crippen molar-refractivity contribution in [3.63, 3.8) is 0 Å². The minimum atomic E-state index is -0.920. The van der Waals surface area contributed by atoms with Gasteiger partial charge in [0, 0.05) is 6.04 Å². The SMILES string of the molecule is CCCC(NC(CC)C(O)c1ccc(F)cc1)C(=O)O. The van der Waals surface area contributed by atoms with E-state index in [2.05, 4.69) is 5.32 Å². The molecule has 0 aliphatic heterocycles. The van der Waals surface area contributed by atoms with Gasteiger partial charge in [-0.15, -0.1) is 0 Å². The van der Waals surface area contributed by atoms with Crippen molar-refractivity contribution in [1.29, 1.82) is 0 Å². The number of carboxylic acid groups (broad SMARTS) is 1. The number of rotatable bonds is 8. The zero-order chi connectivity index (χ0) is 15.1. The molecule has 1 rings (SSSR count). The average Bonchev–Trinajstić information content (AvgIpc) is 2.43. The standard InChI is InChI=1S/C15H22FNO3/c1-3-5-13(15(19)20)17-12(4-2)14(18)10-6-8-11(16)9-7-10/h6-9,12-14,17-18H,3-5H2,1-2H3,(H,19,20). The van der Waals surface area contributed by atoms with Crippen LogP contribution in [0, 0.1) is 5.82 Å². The molecule has 20 heavy (non-hydrogen) atoms. The van der Waals surface area contributed by atoms with Crippen LogP contribution in [0.5, 0.6) is 0 Å². The van der Waals surface area contributed by atoms with Crippen molar-refractivity contribution in [3.8, 4) is 0 Å². The Bertz CT molecular complexity index is 422. The van der Waals surface area contributed by atoms with Crippen LogP contribution >= 0.6 is 0 Å². The third-order valence-corrected chi connectivity index (χ3v) is 3.32. The summed E-state index contributed by atoms with van der Waals surface area (Å²) >= 11 is 0. The number of hydrogen-bond donors (Lipinski definition) is 3. The summed E-state index contributed by atoms with van der Waals surface area (Å²) in [5.41, 5.74) is 0.575. The van der Waals surface area contributed by atoms with Crippen LogP contribution < -0.4 is 5.32 Å². The van der Waals surface area contributed by atoms with Gasteiger partial charge in [-0.05, 0) is 30.5 Å². The highest BCUT2D eigenvalue weighted by atomic mass is 19.1. The van der Waals surface area contributed by atoms with Gasteiger partial charge in [0.15, 0.2) is 0 Å². The Morgan fingerprint density at radius 3 is 2.35 bits per heavy atom. The predicted molar refractivity (Wildman–Crippen MR) is 74.9 cm³/mol. The molecule has 5 heteroatoms. The van der Waals surface area contributed by atoms with Gasteiger partial charge in [-0.25, -0.2) is 4.39 Å². The van der Waals surface area contributed by atoms with E-state index in [9.17, 15) is 14.3 Å². The van der Waals surface area contributed by atoms with Gasteiger partial charge in [0.1, 0.15) is 11.9 Å². The fourth-order valence-corrected chi connectivity index (χ4v) is 2.15. The van der Waals surface area contributed by atoms with Gasteiger partial charge in [-0.1, -0.05) is 32.4 Å². The molecule has 0 aliphatic carbocycles. The third kappa shape index (κ3) is 4.58. The Kier molecular flexibility index (Phi) is 6.61. The maximum absolute atomic E-state index is 12.9. The highest BCUT2D eigenvalue weighted by Crippen LogP contribution is 2.20. The molecule has 0 spiro atoms. The molecule has 0 amide bonds. The Hall–Kier alpha value is -1.46. The van der Waals surface area contributed by atoms with E-state index >= 15 is 0 Å². The fraction of sp³-hybridized carbons (Fsp3) is 0.533. The van der Waals surface area contributed by atoms with E-state index in [1.54, 1.807) is 0 Å². The van der Waals surface area contributed by atoms with E-state index in [1.165, 1.54) is 24.3 Å². The van der Waals surface area contributed by atoms with Gasteiger partial charge < -0.3 is 10.2 Å². The first-order valence-corrected chi connectivity index (χ1v) is 6.92. The molecule has 0 saturated heterocycles. The number of aliphatic hydroxyl groups excluding tert-OH is 1. The van der Waals surface area contributed by atoms with Crippen molar-refractivity contribution in [1.82, 2.24) is 5.32 Å². The molecule has 4 nitrogen and oxygen atoms in total. The van der Waals surface area contributed by atoms with Crippen LogP contribution in [0.15, 0.2) is 24.3 Å². The number of carboxylic acids is 1.